The molecular formula is C16H29N5O2. The van der Waals surface area contributed by atoms with Crippen molar-refractivity contribution in [2.75, 3.05) is 27.3 Å². The van der Waals surface area contributed by atoms with Crippen LogP contribution in [0.4, 0.5) is 0 Å². The van der Waals surface area contributed by atoms with E-state index in [0.29, 0.717) is 18.7 Å². The number of rotatable bonds is 8. The quantitative estimate of drug-likeness (QED) is 0.486. The Labute approximate surface area is 138 Å². The molecule has 1 aliphatic heterocycles. The van der Waals surface area contributed by atoms with E-state index < -0.39 is 0 Å². The molecule has 0 aromatic carbocycles. The Morgan fingerprint density at radius 2 is 2.13 bits per heavy atom. The number of aliphatic hydroxyl groups is 2. The summed E-state index contributed by atoms with van der Waals surface area (Å²) in [5.41, 5.74) is 1.66. The molecule has 0 amide bonds. The van der Waals surface area contributed by atoms with Gasteiger partial charge >= 0.3 is 0 Å². The van der Waals surface area contributed by atoms with Gasteiger partial charge in [0.1, 0.15) is 11.5 Å². The fourth-order valence-corrected chi connectivity index (χ4v) is 2.19. The van der Waals surface area contributed by atoms with Gasteiger partial charge in [-0.2, -0.15) is 0 Å². The first-order valence-corrected chi connectivity index (χ1v) is 7.86. The van der Waals surface area contributed by atoms with Gasteiger partial charge < -0.3 is 25.7 Å². The molecule has 0 saturated carbocycles. The summed E-state index contributed by atoms with van der Waals surface area (Å²) in [5, 5.41) is 24.8. The predicted molar refractivity (Wildman–Crippen MR) is 94.4 cm³/mol. The minimum atomic E-state index is -0.239. The van der Waals surface area contributed by atoms with Gasteiger partial charge in [0.15, 0.2) is 5.84 Å². The van der Waals surface area contributed by atoms with Crippen LogP contribution < -0.4 is 10.6 Å². The monoisotopic (exact) mass is 323 g/mol. The highest BCUT2D eigenvalue weighted by atomic mass is 16.3. The summed E-state index contributed by atoms with van der Waals surface area (Å²) in [5.74, 6) is 1.38. The number of aliphatic imine (C=N–C) groups is 2. The van der Waals surface area contributed by atoms with Crippen molar-refractivity contribution >= 4 is 12.6 Å². The number of nitrogens with one attached hydrogen (secondary N) is 2. The standard InChI is InChI=1S/C16H29N5O2/c1-11(2)21(5)16-15(18-4)13(17-3)6-7-14(20-16)19-12(10-23)8-9-22/h7,11-12,17,19,22-23H,4,6,8-10H2,1-3,5H3. The molecule has 0 aliphatic carbocycles. The van der Waals surface area contributed by atoms with E-state index >= 15 is 0 Å². The van der Waals surface area contributed by atoms with Crippen LogP contribution in [0.3, 0.4) is 0 Å². The molecule has 23 heavy (non-hydrogen) atoms. The molecule has 0 spiro atoms. The van der Waals surface area contributed by atoms with Gasteiger partial charge in [-0.1, -0.05) is 0 Å². The SMILES string of the molecule is C=NC1=C(NC)CC=C(NC(CO)CCO)N=C1N(C)C(C)C. The van der Waals surface area contributed by atoms with Crippen LogP contribution in [0, 0.1) is 0 Å². The lowest BCUT2D eigenvalue weighted by atomic mass is 10.2. The van der Waals surface area contributed by atoms with Crippen LogP contribution >= 0.6 is 0 Å². The number of nitrogens with zero attached hydrogens (tertiary/aromatic N) is 3. The average Bonchev–Trinajstić information content (AvgIpc) is 2.72. The van der Waals surface area contributed by atoms with Crippen molar-refractivity contribution in [2.24, 2.45) is 9.98 Å². The zero-order valence-corrected chi connectivity index (χ0v) is 14.5. The van der Waals surface area contributed by atoms with Crippen molar-refractivity contribution in [1.29, 1.82) is 0 Å². The Kier molecular flexibility index (Phi) is 7.77. The van der Waals surface area contributed by atoms with Crippen molar-refractivity contribution in [1.82, 2.24) is 15.5 Å². The lowest BCUT2D eigenvalue weighted by molar-refractivity contribution is 0.206. The molecule has 1 heterocycles. The molecule has 7 heteroatoms. The van der Waals surface area contributed by atoms with Crippen molar-refractivity contribution < 1.29 is 10.2 Å². The number of amidine groups is 1. The van der Waals surface area contributed by atoms with Crippen molar-refractivity contribution in [3.05, 3.63) is 23.3 Å². The van der Waals surface area contributed by atoms with Gasteiger partial charge in [-0.25, -0.2) is 4.99 Å². The van der Waals surface area contributed by atoms with Gasteiger partial charge in [-0.3, -0.25) is 4.99 Å². The highest BCUT2D eigenvalue weighted by Crippen LogP contribution is 2.19. The van der Waals surface area contributed by atoms with E-state index in [4.69, 9.17) is 5.11 Å². The summed E-state index contributed by atoms with van der Waals surface area (Å²) in [4.78, 5) is 10.9. The molecular weight excluding hydrogens is 294 g/mol. The molecule has 1 aliphatic rings. The van der Waals surface area contributed by atoms with Gasteiger partial charge in [-0.05, 0) is 33.1 Å². The average molecular weight is 323 g/mol. The van der Waals surface area contributed by atoms with Crippen molar-refractivity contribution in [3.63, 3.8) is 0 Å². The Balaban J connectivity index is 3.18. The third-order valence-electron chi connectivity index (χ3n) is 3.84. The second-order valence-corrected chi connectivity index (χ2v) is 5.70. The first kappa shape index (κ1) is 19.2. The van der Waals surface area contributed by atoms with E-state index in [1.165, 1.54) is 0 Å². The maximum atomic E-state index is 9.41. The normalized spacial score (nSPS) is 16.5. The molecule has 1 unspecified atom stereocenters. The molecule has 0 radical (unpaired) electrons. The van der Waals surface area contributed by atoms with E-state index in [9.17, 15) is 5.11 Å². The summed E-state index contributed by atoms with van der Waals surface area (Å²) < 4.78 is 0. The highest BCUT2D eigenvalue weighted by Gasteiger charge is 2.21. The van der Waals surface area contributed by atoms with E-state index in [-0.39, 0.29) is 25.3 Å². The van der Waals surface area contributed by atoms with Crippen molar-refractivity contribution in [3.8, 4) is 0 Å². The largest absolute Gasteiger partial charge is 0.396 e. The number of hydrogen-bond acceptors (Lipinski definition) is 7. The van der Waals surface area contributed by atoms with E-state index in [0.717, 1.165) is 17.2 Å². The number of likely N-dealkylation sites (N-methyl/N-ethyl adjacent to an activating group) is 1. The van der Waals surface area contributed by atoms with Crippen LogP contribution in [0.5, 0.6) is 0 Å². The fraction of sp³-hybridized carbons (Fsp3) is 0.625. The number of hydrogen-bond donors (Lipinski definition) is 4. The topological polar surface area (TPSA) is 92.5 Å². The third-order valence-corrected chi connectivity index (χ3v) is 3.84. The molecule has 0 aromatic rings. The van der Waals surface area contributed by atoms with Crippen LogP contribution in [0.25, 0.3) is 0 Å². The van der Waals surface area contributed by atoms with Gasteiger partial charge in [0.25, 0.3) is 0 Å². The molecule has 0 aromatic heterocycles. The first-order chi connectivity index (χ1) is 11.0. The van der Waals surface area contributed by atoms with E-state index in [1.54, 1.807) is 0 Å². The van der Waals surface area contributed by atoms with E-state index in [1.807, 2.05) is 25.1 Å². The number of allylic oxidation sites excluding steroid dienone is 1. The van der Waals surface area contributed by atoms with Gasteiger partial charge in [0.05, 0.1) is 12.6 Å². The second-order valence-electron chi connectivity index (χ2n) is 5.70. The molecule has 1 atom stereocenters. The second kappa shape index (κ2) is 9.32. The zero-order valence-electron chi connectivity index (χ0n) is 14.5. The summed E-state index contributed by atoms with van der Waals surface area (Å²) in [6.07, 6.45) is 3.03. The minimum Gasteiger partial charge on any atom is -0.396 e. The molecule has 130 valence electrons. The maximum absolute atomic E-state index is 9.41. The minimum absolute atomic E-state index is 0.00739. The van der Waals surface area contributed by atoms with Gasteiger partial charge in [0.2, 0.25) is 0 Å². The van der Waals surface area contributed by atoms with Crippen LogP contribution in [-0.4, -0.2) is 67.1 Å². The molecule has 1 rings (SSSR count). The smallest absolute Gasteiger partial charge is 0.158 e. The van der Waals surface area contributed by atoms with Crippen LogP contribution in [0.15, 0.2) is 33.3 Å². The van der Waals surface area contributed by atoms with Crippen LogP contribution in [-0.2, 0) is 0 Å². The summed E-state index contributed by atoms with van der Waals surface area (Å²) in [6, 6.07) is 0.00548. The van der Waals surface area contributed by atoms with E-state index in [2.05, 4.69) is 41.2 Å². The summed E-state index contributed by atoms with van der Waals surface area (Å²) >= 11 is 0. The Bertz CT molecular complexity index is 497. The molecule has 0 fully saturated rings. The summed E-state index contributed by atoms with van der Waals surface area (Å²) in [7, 11) is 3.81. The highest BCUT2D eigenvalue weighted by molar-refractivity contribution is 6.00. The zero-order chi connectivity index (χ0) is 17.4. The van der Waals surface area contributed by atoms with Gasteiger partial charge in [-0.15, -0.1) is 0 Å². The van der Waals surface area contributed by atoms with Crippen LogP contribution in [0.1, 0.15) is 26.7 Å². The first-order valence-electron chi connectivity index (χ1n) is 7.86. The lowest BCUT2D eigenvalue weighted by Gasteiger charge is -2.26. The number of aliphatic hydroxyl groups excluding tert-OH is 2. The summed E-state index contributed by atoms with van der Waals surface area (Å²) in [6.45, 7) is 7.77. The van der Waals surface area contributed by atoms with Gasteiger partial charge in [0, 0.05) is 38.9 Å². The van der Waals surface area contributed by atoms with Crippen LogP contribution in [0.2, 0.25) is 0 Å². The molecule has 0 saturated heterocycles. The maximum Gasteiger partial charge on any atom is 0.158 e. The molecule has 0 bridgehead atoms. The Morgan fingerprint density at radius 3 is 2.61 bits per heavy atom. The Hall–Kier alpha value is -1.86. The predicted octanol–water partition coefficient (Wildman–Crippen LogP) is 0.435. The fourth-order valence-electron chi connectivity index (χ4n) is 2.19. The third kappa shape index (κ3) is 5.07. The van der Waals surface area contributed by atoms with Crippen molar-refractivity contribution in [2.45, 2.75) is 38.8 Å². The molecule has 4 N–H and O–H groups in total. The lowest BCUT2D eigenvalue weighted by Crippen LogP contribution is -2.36. The molecule has 7 nitrogen and oxygen atoms in total. The Morgan fingerprint density at radius 1 is 1.43 bits per heavy atom.